The molecule has 4 atom stereocenters. The first-order chi connectivity index (χ1) is 21.0. The molecule has 0 aromatic rings. The lowest BCUT2D eigenvalue weighted by Crippen LogP contribution is -2.38. The van der Waals surface area contributed by atoms with E-state index in [1.54, 1.807) is 0 Å². The Morgan fingerprint density at radius 2 is 1.73 bits per heavy atom. The molecule has 0 amide bonds. The van der Waals surface area contributed by atoms with E-state index >= 15 is 0 Å². The third-order valence-electron chi connectivity index (χ3n) is 7.97. The minimum absolute atomic E-state index is 0.0796. The lowest BCUT2D eigenvalue weighted by atomic mass is 9.97. The number of rotatable bonds is 20. The quantitative estimate of drug-likeness (QED) is 0.0549. The number of carbonyl (C=O) groups is 1. The SMILES string of the molecule is C#CS(O[C@@H](CC=C)CC1(CC(OCC)OCC)SCCCS1)(O[C@@H](/C=C/C)[C@H](C)CCOC(=O)C(C)(C)C)C1CCCC1. The summed E-state index contributed by atoms with van der Waals surface area (Å²) in [4.78, 5) is 12.4. The van der Waals surface area contributed by atoms with Gasteiger partial charge in [0.2, 0.25) is 0 Å². The predicted molar refractivity (Wildman–Crippen MR) is 191 cm³/mol. The number of hydrogen-bond acceptors (Lipinski definition) is 8. The van der Waals surface area contributed by atoms with Crippen LogP contribution in [0.5, 0.6) is 0 Å². The van der Waals surface area contributed by atoms with E-state index in [0.29, 0.717) is 32.7 Å². The van der Waals surface area contributed by atoms with Crippen LogP contribution in [0.2, 0.25) is 0 Å². The van der Waals surface area contributed by atoms with Gasteiger partial charge in [0, 0.05) is 31.3 Å². The first kappa shape index (κ1) is 39.6. The number of carbonyl (C=O) groups excluding carboxylic acids is 1. The van der Waals surface area contributed by atoms with Gasteiger partial charge in [-0.25, -0.2) is 0 Å². The summed E-state index contributed by atoms with van der Waals surface area (Å²) in [5.74, 6) is 2.09. The molecule has 2 aliphatic rings. The fraction of sp³-hybridized carbons (Fsp3) is 0.800. The highest BCUT2D eigenvalue weighted by Crippen LogP contribution is 2.62. The van der Waals surface area contributed by atoms with Crippen molar-refractivity contribution in [1.29, 1.82) is 0 Å². The predicted octanol–water partition coefficient (Wildman–Crippen LogP) is 9.44. The highest BCUT2D eigenvalue weighted by atomic mass is 32.3. The molecule has 1 saturated heterocycles. The summed E-state index contributed by atoms with van der Waals surface area (Å²) in [6.45, 7) is 19.4. The van der Waals surface area contributed by atoms with Gasteiger partial charge in [0.05, 0.1) is 27.5 Å². The number of allylic oxidation sites excluding steroid dienone is 1. The number of ether oxygens (including phenoxy) is 3. The van der Waals surface area contributed by atoms with E-state index in [2.05, 4.69) is 24.8 Å². The zero-order chi connectivity index (χ0) is 32.6. The molecular formula is C35H60O6S3. The molecule has 0 bridgehead atoms. The summed E-state index contributed by atoms with van der Waals surface area (Å²) >= 11 is 4.01. The van der Waals surface area contributed by atoms with Gasteiger partial charge in [0.1, 0.15) is 6.10 Å². The number of hydrogen-bond donors (Lipinski definition) is 0. The van der Waals surface area contributed by atoms with Crippen molar-refractivity contribution in [3.05, 3.63) is 24.8 Å². The molecule has 9 heteroatoms. The molecule has 0 N–H and O–H groups in total. The molecule has 2 rings (SSSR count). The van der Waals surface area contributed by atoms with E-state index in [1.807, 2.05) is 77.2 Å². The zero-order valence-corrected chi connectivity index (χ0v) is 30.9. The van der Waals surface area contributed by atoms with E-state index in [0.717, 1.165) is 50.0 Å². The van der Waals surface area contributed by atoms with Gasteiger partial charge in [-0.3, -0.25) is 13.2 Å². The normalized spacial score (nSPS) is 21.8. The van der Waals surface area contributed by atoms with Crippen molar-refractivity contribution >= 4 is 40.1 Å². The van der Waals surface area contributed by atoms with Crippen LogP contribution in [0, 0.1) is 23.0 Å². The Kier molecular flexibility index (Phi) is 17.9. The van der Waals surface area contributed by atoms with Crippen LogP contribution in [0.4, 0.5) is 0 Å². The molecule has 254 valence electrons. The molecule has 0 spiro atoms. The van der Waals surface area contributed by atoms with Crippen LogP contribution in [-0.4, -0.2) is 65.1 Å². The van der Waals surface area contributed by atoms with Crippen LogP contribution in [0.25, 0.3) is 0 Å². The molecule has 0 aromatic heterocycles. The maximum Gasteiger partial charge on any atom is 0.311 e. The summed E-state index contributed by atoms with van der Waals surface area (Å²) in [7, 11) is -2.35. The van der Waals surface area contributed by atoms with Crippen LogP contribution in [0.3, 0.4) is 0 Å². The monoisotopic (exact) mass is 672 g/mol. The van der Waals surface area contributed by atoms with Gasteiger partial charge in [-0.15, -0.1) is 40.7 Å². The molecule has 1 aliphatic heterocycles. The fourth-order valence-corrected chi connectivity index (χ4v) is 11.7. The van der Waals surface area contributed by atoms with E-state index < -0.39 is 16.0 Å². The third kappa shape index (κ3) is 12.5. The fourth-order valence-electron chi connectivity index (χ4n) is 5.54. The van der Waals surface area contributed by atoms with Gasteiger partial charge in [0.15, 0.2) is 6.29 Å². The first-order valence-corrected chi connectivity index (χ1v) is 20.1. The Morgan fingerprint density at radius 1 is 1.09 bits per heavy atom. The molecule has 6 nitrogen and oxygen atoms in total. The molecule has 1 aliphatic carbocycles. The van der Waals surface area contributed by atoms with Gasteiger partial charge in [-0.2, -0.15) is 0 Å². The second-order valence-electron chi connectivity index (χ2n) is 12.8. The van der Waals surface area contributed by atoms with E-state index in [4.69, 9.17) is 29.0 Å². The van der Waals surface area contributed by atoms with Gasteiger partial charge in [0.25, 0.3) is 0 Å². The Hall–Kier alpha value is -0.600. The average molecular weight is 673 g/mol. The van der Waals surface area contributed by atoms with Crippen molar-refractivity contribution in [3.8, 4) is 11.7 Å². The Morgan fingerprint density at radius 3 is 2.25 bits per heavy atom. The van der Waals surface area contributed by atoms with Crippen molar-refractivity contribution in [2.75, 3.05) is 31.3 Å². The highest BCUT2D eigenvalue weighted by molar-refractivity contribution is 8.30. The van der Waals surface area contributed by atoms with Crippen LogP contribution >= 0.6 is 34.1 Å². The second kappa shape index (κ2) is 19.9. The Balaban J connectivity index is 2.34. The van der Waals surface area contributed by atoms with Crippen molar-refractivity contribution < 1.29 is 27.4 Å². The summed E-state index contributed by atoms with van der Waals surface area (Å²) in [5.41, 5.74) is -0.528. The second-order valence-corrected chi connectivity index (χ2v) is 18.4. The first-order valence-electron chi connectivity index (χ1n) is 16.6. The zero-order valence-electron chi connectivity index (χ0n) is 28.5. The summed E-state index contributed by atoms with van der Waals surface area (Å²) < 4.78 is 31.8. The highest BCUT2D eigenvalue weighted by Gasteiger charge is 2.43. The van der Waals surface area contributed by atoms with Crippen LogP contribution in [0.1, 0.15) is 106 Å². The molecule has 1 unspecified atom stereocenters. The molecule has 2 fully saturated rings. The molecular weight excluding hydrogens is 613 g/mol. The van der Waals surface area contributed by atoms with Gasteiger partial charge < -0.3 is 14.2 Å². The Labute approximate surface area is 279 Å². The number of thioether (sulfide) groups is 2. The van der Waals surface area contributed by atoms with Crippen LogP contribution in [-0.2, 0) is 27.4 Å². The average Bonchev–Trinajstić information content (AvgIpc) is 3.52. The van der Waals surface area contributed by atoms with Crippen molar-refractivity contribution in [1.82, 2.24) is 0 Å². The number of terminal acetylenes is 1. The largest absolute Gasteiger partial charge is 0.465 e. The molecule has 0 aromatic carbocycles. The molecule has 0 radical (unpaired) electrons. The number of esters is 1. The van der Waals surface area contributed by atoms with E-state index in [1.165, 1.54) is 6.42 Å². The molecule has 1 saturated carbocycles. The smallest absolute Gasteiger partial charge is 0.311 e. The van der Waals surface area contributed by atoms with Gasteiger partial charge >= 0.3 is 5.97 Å². The van der Waals surface area contributed by atoms with E-state index in [-0.39, 0.29) is 39.7 Å². The Bertz CT molecular complexity index is 910. The maximum atomic E-state index is 12.4. The van der Waals surface area contributed by atoms with Gasteiger partial charge in [-0.05, 0) is 91.1 Å². The minimum Gasteiger partial charge on any atom is -0.465 e. The third-order valence-corrected chi connectivity index (χ3v) is 14.1. The van der Waals surface area contributed by atoms with Crippen LogP contribution in [0.15, 0.2) is 24.8 Å². The standard InChI is InChI=1S/C35H60O6S3/c1-10-18-29(26-35(42-24-17-25-43-35)27-32(37-12-3)38-13-4)40-44(14-5,30-20-15-16-21-30)41-31(19-11-2)28(6)22-23-39-33(36)34(7,8)9/h5,10-11,19,28-32H,1,12-13,15-18,20-27H2,2-4,6-9H3/b19-11+/t28-,29+,31+/m1/s1. The van der Waals surface area contributed by atoms with Crippen LogP contribution < -0.4 is 0 Å². The molecule has 1 heterocycles. The van der Waals surface area contributed by atoms with E-state index in [9.17, 15) is 4.79 Å². The lowest BCUT2D eigenvalue weighted by Gasteiger charge is -2.49. The minimum atomic E-state index is -2.35. The lowest BCUT2D eigenvalue weighted by molar-refractivity contribution is -0.153. The topological polar surface area (TPSA) is 63.2 Å². The molecule has 44 heavy (non-hydrogen) atoms. The summed E-state index contributed by atoms with van der Waals surface area (Å²) in [5, 5.41) is 3.32. The summed E-state index contributed by atoms with van der Waals surface area (Å²) in [6.07, 6.45) is 20.3. The van der Waals surface area contributed by atoms with Crippen molar-refractivity contribution in [2.45, 2.75) is 134 Å². The van der Waals surface area contributed by atoms with Crippen molar-refractivity contribution in [2.24, 2.45) is 11.3 Å². The van der Waals surface area contributed by atoms with Gasteiger partial charge in [-0.1, -0.05) is 44.4 Å². The maximum absolute atomic E-state index is 12.4. The summed E-state index contributed by atoms with van der Waals surface area (Å²) in [6, 6.07) is 0. The van der Waals surface area contributed by atoms with Crippen molar-refractivity contribution in [3.63, 3.8) is 0 Å².